The number of hydrogen-bond acceptors (Lipinski definition) is 6. The summed E-state index contributed by atoms with van der Waals surface area (Å²) < 4.78 is 41.2. The fraction of sp³-hybridized carbons (Fsp3) is 0.559. The van der Waals surface area contributed by atoms with Gasteiger partial charge >= 0.3 is 18.2 Å². The molecule has 0 unspecified atom stereocenters. The van der Waals surface area contributed by atoms with Crippen LogP contribution in [0.5, 0.6) is 5.75 Å². The van der Waals surface area contributed by atoms with E-state index in [2.05, 4.69) is 27.5 Å². The van der Waals surface area contributed by atoms with Crippen LogP contribution in [0.2, 0.25) is 5.02 Å². The van der Waals surface area contributed by atoms with Crippen molar-refractivity contribution in [1.29, 1.82) is 0 Å². The highest BCUT2D eigenvalue weighted by molar-refractivity contribution is 6.32. The largest absolute Gasteiger partial charge is 0.506 e. The summed E-state index contributed by atoms with van der Waals surface area (Å²) in [7, 11) is 2.10. The third-order valence-electron chi connectivity index (χ3n) is 10.3. The lowest BCUT2D eigenvalue weighted by atomic mass is 9.98. The van der Waals surface area contributed by atoms with Crippen LogP contribution in [-0.2, 0) is 23.9 Å². The predicted octanol–water partition coefficient (Wildman–Crippen LogP) is 4.44. The highest BCUT2D eigenvalue weighted by atomic mass is 35.5. The predicted molar refractivity (Wildman–Crippen MR) is 178 cm³/mol. The molecule has 266 valence electrons. The third-order valence-corrected chi connectivity index (χ3v) is 10.6. The Bertz CT molecular complexity index is 1540. The van der Waals surface area contributed by atoms with Gasteiger partial charge in [0.25, 0.3) is 0 Å². The molecule has 0 aromatic heterocycles. The molecule has 0 aliphatic carbocycles. The molecule has 1 atom stereocenters. The second kappa shape index (κ2) is 14.6. The van der Waals surface area contributed by atoms with Crippen molar-refractivity contribution in [1.82, 2.24) is 29.8 Å². The van der Waals surface area contributed by atoms with Gasteiger partial charge in [-0.1, -0.05) is 29.8 Å². The van der Waals surface area contributed by atoms with E-state index >= 15 is 0 Å². The Labute approximate surface area is 288 Å². The van der Waals surface area contributed by atoms with Gasteiger partial charge in [0.15, 0.2) is 0 Å². The molecule has 0 spiro atoms. The summed E-state index contributed by atoms with van der Waals surface area (Å²) in [5.74, 6) is -1.45. The quantitative estimate of drug-likeness (QED) is 0.410. The fourth-order valence-corrected chi connectivity index (χ4v) is 7.66. The summed E-state index contributed by atoms with van der Waals surface area (Å²) in [5, 5.41) is 15.3. The number of hydrogen-bond donors (Lipinski definition) is 3. The summed E-state index contributed by atoms with van der Waals surface area (Å²) in [6.45, 7) is 5.98. The van der Waals surface area contributed by atoms with Gasteiger partial charge in [-0.25, -0.2) is 9.59 Å². The number of piperidine rings is 2. The van der Waals surface area contributed by atoms with Crippen LogP contribution in [0.3, 0.4) is 0 Å². The lowest BCUT2D eigenvalue weighted by molar-refractivity contribution is -0.138. The number of phenols is 1. The van der Waals surface area contributed by atoms with E-state index in [1.165, 1.54) is 6.07 Å². The van der Waals surface area contributed by atoms with Gasteiger partial charge < -0.3 is 35.3 Å². The number of benzene rings is 2. The average Bonchev–Trinajstić information content (AvgIpc) is 3.09. The van der Waals surface area contributed by atoms with Crippen molar-refractivity contribution in [3.63, 3.8) is 0 Å². The zero-order chi connectivity index (χ0) is 34.9. The second-order valence-electron chi connectivity index (χ2n) is 13.5. The minimum absolute atomic E-state index is 0.0659. The number of anilines is 1. The van der Waals surface area contributed by atoms with Crippen LogP contribution < -0.4 is 10.6 Å². The highest BCUT2D eigenvalue weighted by Crippen LogP contribution is 2.40. The molecule has 3 saturated heterocycles. The first-order valence-corrected chi connectivity index (χ1v) is 17.3. The molecule has 4 heterocycles. The van der Waals surface area contributed by atoms with E-state index in [-0.39, 0.29) is 30.0 Å². The number of nitrogens with zero attached hydrogens (tertiary/aromatic N) is 5. The van der Waals surface area contributed by atoms with Crippen molar-refractivity contribution in [2.45, 2.75) is 63.0 Å². The molecule has 3 fully saturated rings. The van der Waals surface area contributed by atoms with E-state index in [4.69, 9.17) is 11.6 Å². The van der Waals surface area contributed by atoms with E-state index in [1.807, 2.05) is 24.3 Å². The monoisotopic (exact) mass is 705 g/mol. The van der Waals surface area contributed by atoms with Crippen molar-refractivity contribution in [3.05, 3.63) is 58.1 Å². The van der Waals surface area contributed by atoms with E-state index in [9.17, 15) is 32.7 Å². The maximum absolute atomic E-state index is 14.0. The maximum atomic E-state index is 14.0. The Balaban J connectivity index is 1.13. The van der Waals surface area contributed by atoms with Gasteiger partial charge in [-0.05, 0) is 62.1 Å². The van der Waals surface area contributed by atoms with E-state index in [0.29, 0.717) is 51.6 Å². The number of para-hydroxylation sites is 1. The number of nitrogens with one attached hydrogen (secondary N) is 2. The number of rotatable bonds is 6. The summed E-state index contributed by atoms with van der Waals surface area (Å²) in [5.41, 5.74) is 0.569. The van der Waals surface area contributed by atoms with Gasteiger partial charge in [0.1, 0.15) is 11.8 Å². The highest BCUT2D eigenvalue weighted by Gasteiger charge is 2.38. The maximum Gasteiger partial charge on any atom is 0.420 e. The first kappa shape index (κ1) is 35.1. The summed E-state index contributed by atoms with van der Waals surface area (Å²) in [6, 6.07) is 8.01. The Kier molecular flexibility index (Phi) is 10.5. The molecule has 2 aromatic carbocycles. The number of phenolic OH excluding ortho intramolecular Hbond substituents is 1. The van der Waals surface area contributed by atoms with Crippen LogP contribution in [0.1, 0.15) is 42.4 Å². The zero-order valence-corrected chi connectivity index (χ0v) is 28.3. The van der Waals surface area contributed by atoms with Crippen LogP contribution in [-0.4, -0.2) is 125 Å². The van der Waals surface area contributed by atoms with Crippen LogP contribution in [0.25, 0.3) is 0 Å². The molecular weight excluding hydrogens is 663 g/mol. The van der Waals surface area contributed by atoms with Crippen molar-refractivity contribution in [2.24, 2.45) is 0 Å². The molecule has 49 heavy (non-hydrogen) atoms. The van der Waals surface area contributed by atoms with E-state index < -0.39 is 34.6 Å². The minimum Gasteiger partial charge on any atom is -0.506 e. The molecule has 15 heteroatoms. The van der Waals surface area contributed by atoms with Crippen LogP contribution in [0.15, 0.2) is 36.4 Å². The Morgan fingerprint density at radius 3 is 2.27 bits per heavy atom. The Morgan fingerprint density at radius 1 is 0.959 bits per heavy atom. The number of aromatic hydroxyl groups is 1. The Morgan fingerprint density at radius 2 is 1.59 bits per heavy atom. The summed E-state index contributed by atoms with van der Waals surface area (Å²) in [4.78, 5) is 50.2. The van der Waals surface area contributed by atoms with Crippen molar-refractivity contribution in [2.75, 3.05) is 64.7 Å². The van der Waals surface area contributed by atoms with E-state index in [1.54, 1.807) is 14.7 Å². The standard InChI is InChI=1S/C34H43ClF3N7O4/c1-41-14-16-42(17-15-41)24-6-10-43(11-7-24)31(47)29(20-22-18-26(34(36,37)38)30(46)27(35)19-22)40-32(48)44-12-8-25(9-13-44)45-21-23-4-2-3-5-28(23)39-33(45)49/h2-5,18-19,24-25,29,46H,6-17,20-21H2,1H3,(H,39,49)(H,40,48)/t29-/m1/s1. The topological polar surface area (TPSA) is 112 Å². The van der Waals surface area contributed by atoms with Crippen LogP contribution in [0.4, 0.5) is 28.4 Å². The number of alkyl halides is 3. The minimum atomic E-state index is -4.87. The summed E-state index contributed by atoms with van der Waals surface area (Å²) in [6.07, 6.45) is -2.51. The van der Waals surface area contributed by atoms with Crippen molar-refractivity contribution >= 4 is 35.3 Å². The van der Waals surface area contributed by atoms with Gasteiger partial charge in [0.2, 0.25) is 5.91 Å². The molecule has 11 nitrogen and oxygen atoms in total. The van der Waals surface area contributed by atoms with Gasteiger partial charge in [0.05, 0.1) is 10.6 Å². The molecular formula is C34H43ClF3N7O4. The first-order chi connectivity index (χ1) is 23.4. The normalized spacial score (nSPS) is 20.9. The van der Waals surface area contributed by atoms with Crippen molar-refractivity contribution < 1.29 is 32.7 Å². The number of fused-ring (bicyclic) bond motifs is 1. The Hall–Kier alpha value is -3.75. The SMILES string of the molecule is CN1CCN(C2CCN(C(=O)[C@@H](Cc3cc(Cl)c(O)c(C(F)(F)F)c3)NC(=O)N3CCC(N4Cc5ccccc5NC4=O)CC3)CC2)CC1. The zero-order valence-electron chi connectivity index (χ0n) is 27.5. The van der Waals surface area contributed by atoms with Gasteiger partial charge in [-0.15, -0.1) is 0 Å². The second-order valence-corrected chi connectivity index (χ2v) is 13.9. The van der Waals surface area contributed by atoms with Gasteiger partial charge in [0, 0.05) is 83.1 Å². The fourth-order valence-electron chi connectivity index (χ4n) is 7.42. The molecule has 2 aromatic rings. The number of urea groups is 2. The van der Waals surface area contributed by atoms with Crippen molar-refractivity contribution in [3.8, 4) is 5.75 Å². The molecule has 0 radical (unpaired) electrons. The lowest BCUT2D eigenvalue weighted by Crippen LogP contribution is -2.58. The number of halogens is 4. The molecule has 0 bridgehead atoms. The number of amides is 5. The molecule has 3 N–H and O–H groups in total. The molecule has 4 aliphatic heterocycles. The van der Waals surface area contributed by atoms with E-state index in [0.717, 1.165) is 56.3 Å². The molecule has 5 amide bonds. The first-order valence-electron chi connectivity index (χ1n) is 16.9. The summed E-state index contributed by atoms with van der Waals surface area (Å²) >= 11 is 6.00. The number of likely N-dealkylation sites (tertiary alicyclic amines) is 2. The lowest BCUT2D eigenvalue weighted by Gasteiger charge is -2.43. The number of likely N-dealkylation sites (N-methyl/N-ethyl adjacent to an activating group) is 1. The molecule has 0 saturated carbocycles. The average molecular weight is 706 g/mol. The number of carbonyl (C=O) groups is 3. The van der Waals surface area contributed by atoms with Crippen LogP contribution in [0, 0.1) is 0 Å². The number of carbonyl (C=O) groups excluding carboxylic acids is 3. The third kappa shape index (κ3) is 8.02. The smallest absolute Gasteiger partial charge is 0.420 e. The van der Waals surface area contributed by atoms with Gasteiger partial charge in [-0.3, -0.25) is 9.69 Å². The molecule has 6 rings (SSSR count). The molecule has 4 aliphatic rings. The number of piperazine rings is 1. The van der Waals surface area contributed by atoms with Gasteiger partial charge in [-0.2, -0.15) is 13.2 Å². The van der Waals surface area contributed by atoms with Crippen LogP contribution >= 0.6 is 11.6 Å².